The van der Waals surface area contributed by atoms with Gasteiger partial charge in [0.25, 0.3) is 5.91 Å². The highest BCUT2D eigenvalue weighted by Crippen LogP contribution is 2.29. The van der Waals surface area contributed by atoms with Gasteiger partial charge in [-0.25, -0.2) is 9.97 Å². The Labute approximate surface area is 224 Å². The second-order valence-electron chi connectivity index (χ2n) is 8.88. The third-order valence-corrected chi connectivity index (χ3v) is 6.87. The fourth-order valence-corrected chi connectivity index (χ4v) is 4.81. The van der Waals surface area contributed by atoms with Crippen LogP contribution in [0.5, 0.6) is 0 Å². The summed E-state index contributed by atoms with van der Waals surface area (Å²) in [4.78, 5) is 24.3. The number of nitrogen functional groups attached to an aromatic ring is 1. The number of methoxy groups -OCH3 is 1. The number of para-hydroxylation sites is 2. The molecular formula is C28H29N7O2S. The van der Waals surface area contributed by atoms with Gasteiger partial charge in [-0.2, -0.15) is 0 Å². The number of ether oxygens (including phenoxy) is 1. The maximum absolute atomic E-state index is 12.6. The molecule has 0 unspecified atom stereocenters. The van der Waals surface area contributed by atoms with Crippen LogP contribution in [0.15, 0.2) is 78.4 Å². The van der Waals surface area contributed by atoms with Crippen LogP contribution in [0.2, 0.25) is 0 Å². The van der Waals surface area contributed by atoms with Gasteiger partial charge in [0.15, 0.2) is 5.13 Å². The molecule has 2 aromatic carbocycles. The van der Waals surface area contributed by atoms with Gasteiger partial charge in [-0.3, -0.25) is 14.1 Å². The van der Waals surface area contributed by atoms with Gasteiger partial charge in [0.2, 0.25) is 0 Å². The predicted octanol–water partition coefficient (Wildman–Crippen LogP) is 5.11. The Balaban J connectivity index is 1.27. The molecule has 5 rings (SSSR count). The number of nitrogens with one attached hydrogen (secondary N) is 2. The zero-order valence-electron chi connectivity index (χ0n) is 21.2. The summed E-state index contributed by atoms with van der Waals surface area (Å²) in [5.74, 6) is -0.220. The molecule has 0 saturated carbocycles. The van der Waals surface area contributed by atoms with Gasteiger partial charge in [-0.05, 0) is 49.5 Å². The lowest BCUT2D eigenvalue weighted by Crippen LogP contribution is -2.22. The number of carbonyl (C=O) groups is 1. The van der Waals surface area contributed by atoms with Gasteiger partial charge in [0.1, 0.15) is 11.3 Å². The van der Waals surface area contributed by atoms with Crippen LogP contribution in [0, 0.1) is 0 Å². The summed E-state index contributed by atoms with van der Waals surface area (Å²) in [6, 6.07) is 18.5. The Kier molecular flexibility index (Phi) is 7.64. The van der Waals surface area contributed by atoms with Crippen LogP contribution in [0.25, 0.3) is 17.0 Å². The molecule has 9 nitrogen and oxygen atoms in total. The minimum absolute atomic E-state index is 0.220. The number of hydrogen-bond donors (Lipinski definition) is 3. The first kappa shape index (κ1) is 25.4. The number of thiazole rings is 1. The summed E-state index contributed by atoms with van der Waals surface area (Å²) in [5, 5.41) is 8.92. The van der Waals surface area contributed by atoms with E-state index in [0.717, 1.165) is 46.5 Å². The molecule has 38 heavy (non-hydrogen) atoms. The Morgan fingerprint density at radius 2 is 1.95 bits per heavy atom. The van der Waals surface area contributed by atoms with E-state index in [1.165, 1.54) is 11.3 Å². The van der Waals surface area contributed by atoms with Crippen molar-refractivity contribution in [3.05, 3.63) is 89.6 Å². The topological polar surface area (TPSA) is 110 Å². The number of pyridine rings is 1. The van der Waals surface area contributed by atoms with E-state index in [1.807, 2.05) is 48.1 Å². The number of fused-ring (bicyclic) bond motifs is 1. The summed E-state index contributed by atoms with van der Waals surface area (Å²) in [6.07, 6.45) is 3.87. The third kappa shape index (κ3) is 5.67. The summed E-state index contributed by atoms with van der Waals surface area (Å²) in [6.45, 7) is 2.31. The fraction of sp³-hybridized carbons (Fsp3) is 0.179. The number of nitrogens with two attached hydrogens (primary N) is 1. The molecule has 5 aromatic rings. The van der Waals surface area contributed by atoms with E-state index in [0.29, 0.717) is 23.5 Å². The lowest BCUT2D eigenvalue weighted by Gasteiger charge is -2.16. The van der Waals surface area contributed by atoms with Gasteiger partial charge >= 0.3 is 0 Å². The molecule has 0 bridgehead atoms. The first-order chi connectivity index (χ1) is 18.5. The summed E-state index contributed by atoms with van der Waals surface area (Å²) in [7, 11) is 3.78. The lowest BCUT2D eigenvalue weighted by molar-refractivity contribution is 0.102. The second kappa shape index (κ2) is 11.4. The van der Waals surface area contributed by atoms with Crippen LogP contribution in [0.3, 0.4) is 0 Å². The van der Waals surface area contributed by atoms with Crippen LogP contribution in [-0.4, -0.2) is 52.5 Å². The zero-order chi connectivity index (χ0) is 26.5. The number of hydrogen-bond acceptors (Lipinski definition) is 8. The number of likely N-dealkylation sites (N-methyl/N-ethyl adjacent to an activating group) is 1. The number of amides is 1. The predicted molar refractivity (Wildman–Crippen MR) is 153 cm³/mol. The van der Waals surface area contributed by atoms with Crippen molar-refractivity contribution in [3.63, 3.8) is 0 Å². The maximum atomic E-state index is 12.6. The van der Waals surface area contributed by atoms with Crippen molar-refractivity contribution in [2.75, 3.05) is 43.7 Å². The van der Waals surface area contributed by atoms with Crippen LogP contribution in [-0.2, 0) is 11.3 Å². The molecule has 0 aliphatic heterocycles. The number of anilines is 4. The normalized spacial score (nSPS) is 11.2. The van der Waals surface area contributed by atoms with Crippen molar-refractivity contribution in [3.8, 4) is 11.4 Å². The molecule has 4 N–H and O–H groups in total. The highest BCUT2D eigenvalue weighted by Gasteiger charge is 2.14. The van der Waals surface area contributed by atoms with Crippen molar-refractivity contribution in [2.45, 2.75) is 6.54 Å². The van der Waals surface area contributed by atoms with Crippen LogP contribution in [0.4, 0.5) is 22.2 Å². The molecule has 0 aliphatic rings. The van der Waals surface area contributed by atoms with Crippen LogP contribution >= 0.6 is 11.3 Å². The average molecular weight is 528 g/mol. The quantitative estimate of drug-likeness (QED) is 0.216. The van der Waals surface area contributed by atoms with E-state index < -0.39 is 0 Å². The number of benzene rings is 2. The molecule has 0 spiro atoms. The third-order valence-electron chi connectivity index (χ3n) is 6.11. The molecule has 3 aromatic heterocycles. The molecule has 10 heteroatoms. The van der Waals surface area contributed by atoms with Gasteiger partial charge in [-0.1, -0.05) is 18.2 Å². The van der Waals surface area contributed by atoms with Crippen LogP contribution < -0.4 is 16.4 Å². The Hall–Kier alpha value is -4.25. The molecule has 3 heterocycles. The standard InChI is InChI=1S/C28H29N7O2S/c1-34(14-15-37-2)17-20-6-5-13-35-25(16-30-26(20)35)24-18-38-28(33-24)31-21-11-9-19(10-12-21)27(36)32-23-8-4-3-7-22(23)29/h3-13,16,18H,14-15,17,29H2,1-2H3,(H,31,33)(H,32,36). The summed E-state index contributed by atoms with van der Waals surface area (Å²) < 4.78 is 7.26. The average Bonchev–Trinajstić information content (AvgIpc) is 3.57. The second-order valence-corrected chi connectivity index (χ2v) is 9.74. The highest BCUT2D eigenvalue weighted by atomic mass is 32.1. The van der Waals surface area contributed by atoms with E-state index in [4.69, 9.17) is 15.5 Å². The number of nitrogens with zero attached hydrogens (tertiary/aromatic N) is 4. The van der Waals surface area contributed by atoms with Gasteiger partial charge < -0.3 is 21.1 Å². The monoisotopic (exact) mass is 527 g/mol. The van der Waals surface area contributed by atoms with E-state index in [2.05, 4.69) is 38.0 Å². The Morgan fingerprint density at radius 3 is 2.74 bits per heavy atom. The zero-order valence-corrected chi connectivity index (χ0v) is 22.0. The van der Waals surface area contributed by atoms with Crippen molar-refractivity contribution >= 4 is 45.1 Å². The number of imidazole rings is 1. The van der Waals surface area contributed by atoms with Crippen molar-refractivity contribution < 1.29 is 9.53 Å². The molecule has 0 aliphatic carbocycles. The van der Waals surface area contributed by atoms with Crippen molar-refractivity contribution in [2.24, 2.45) is 0 Å². The molecule has 0 atom stereocenters. The molecule has 0 fully saturated rings. The molecule has 194 valence electrons. The highest BCUT2D eigenvalue weighted by molar-refractivity contribution is 7.14. The first-order valence-corrected chi connectivity index (χ1v) is 13.0. The fourth-order valence-electron chi connectivity index (χ4n) is 4.08. The van der Waals surface area contributed by atoms with Crippen LogP contribution in [0.1, 0.15) is 15.9 Å². The SMILES string of the molecule is COCCN(C)Cc1cccn2c(-c3csc(Nc4ccc(C(=O)Nc5ccccc5N)cc4)n3)cnc12. The molecule has 1 amide bonds. The van der Waals surface area contributed by atoms with Gasteiger partial charge in [0.05, 0.1) is 29.9 Å². The van der Waals surface area contributed by atoms with Gasteiger partial charge in [-0.15, -0.1) is 11.3 Å². The minimum atomic E-state index is -0.220. The minimum Gasteiger partial charge on any atom is -0.397 e. The number of rotatable bonds is 10. The largest absolute Gasteiger partial charge is 0.397 e. The summed E-state index contributed by atoms with van der Waals surface area (Å²) in [5.41, 5.74) is 12.2. The Morgan fingerprint density at radius 1 is 1.13 bits per heavy atom. The van der Waals surface area contributed by atoms with Crippen molar-refractivity contribution in [1.29, 1.82) is 0 Å². The maximum Gasteiger partial charge on any atom is 0.255 e. The Bertz CT molecular complexity index is 1540. The molecular weight excluding hydrogens is 498 g/mol. The molecule has 0 saturated heterocycles. The molecule has 0 radical (unpaired) electrons. The summed E-state index contributed by atoms with van der Waals surface area (Å²) >= 11 is 1.51. The van der Waals surface area contributed by atoms with E-state index in [-0.39, 0.29) is 5.91 Å². The number of aromatic nitrogens is 3. The van der Waals surface area contributed by atoms with Crippen molar-refractivity contribution in [1.82, 2.24) is 19.3 Å². The smallest absolute Gasteiger partial charge is 0.255 e. The van der Waals surface area contributed by atoms with E-state index >= 15 is 0 Å². The number of carbonyl (C=O) groups excluding carboxylic acids is 1. The first-order valence-electron chi connectivity index (χ1n) is 12.1. The van der Waals surface area contributed by atoms with E-state index in [1.54, 1.807) is 31.4 Å². The van der Waals surface area contributed by atoms with Gasteiger partial charge in [0, 0.05) is 48.6 Å². The lowest BCUT2D eigenvalue weighted by atomic mass is 10.2. The van der Waals surface area contributed by atoms with E-state index in [9.17, 15) is 4.79 Å².